The van der Waals surface area contributed by atoms with Crippen LogP contribution in [0.25, 0.3) is 27.1 Å². The van der Waals surface area contributed by atoms with E-state index in [4.69, 9.17) is 10.8 Å². The third-order valence-electron chi connectivity index (χ3n) is 5.42. The van der Waals surface area contributed by atoms with Crippen molar-refractivity contribution in [2.24, 2.45) is 12.8 Å². The average molecular weight is 366 g/mol. The zero-order valence-corrected chi connectivity index (χ0v) is 15.8. The molecule has 0 aliphatic carbocycles. The van der Waals surface area contributed by atoms with Crippen molar-refractivity contribution in [1.29, 1.82) is 0 Å². The topological polar surface area (TPSA) is 64.4 Å². The number of imidazole rings is 1. The molecule has 0 spiro atoms. The van der Waals surface area contributed by atoms with Crippen LogP contribution in [0.15, 0.2) is 36.7 Å². The number of aromatic nitrogens is 4. The molecule has 134 valence electrons. The molecular weight excluding hydrogens is 344 g/mol. The fourth-order valence-corrected chi connectivity index (χ4v) is 4.69. The predicted molar refractivity (Wildman–Crippen MR) is 107 cm³/mol. The second-order valence-corrected chi connectivity index (χ2v) is 8.47. The standard InChI is InChI=1S/C19H22N6S/c1-19(20)7-10-24(11-8-19)18-22-25-15(12-21-17(25)26-18)14-5-3-4-13-6-9-23(2)16(13)14/h3-6,9,12H,7-8,10-11,20H2,1-2H3. The third kappa shape index (κ3) is 2.42. The molecule has 26 heavy (non-hydrogen) atoms. The summed E-state index contributed by atoms with van der Waals surface area (Å²) in [5, 5.41) is 7.15. The highest BCUT2D eigenvalue weighted by molar-refractivity contribution is 7.20. The molecule has 3 aromatic heterocycles. The van der Waals surface area contributed by atoms with Gasteiger partial charge in [0.05, 0.1) is 17.4 Å². The zero-order chi connectivity index (χ0) is 17.9. The molecule has 2 N–H and O–H groups in total. The number of nitrogens with two attached hydrogens (primary N) is 1. The summed E-state index contributed by atoms with van der Waals surface area (Å²) in [4.78, 5) is 7.89. The van der Waals surface area contributed by atoms with Crippen LogP contribution in [-0.2, 0) is 7.05 Å². The monoisotopic (exact) mass is 366 g/mol. The smallest absolute Gasteiger partial charge is 0.214 e. The highest BCUT2D eigenvalue weighted by atomic mass is 32.1. The van der Waals surface area contributed by atoms with E-state index in [1.807, 2.05) is 10.7 Å². The van der Waals surface area contributed by atoms with Crippen molar-refractivity contribution in [2.45, 2.75) is 25.3 Å². The van der Waals surface area contributed by atoms with Gasteiger partial charge in [-0.2, -0.15) is 0 Å². The van der Waals surface area contributed by atoms with E-state index in [0.717, 1.165) is 47.3 Å². The Balaban J connectivity index is 1.58. The number of hydrogen-bond acceptors (Lipinski definition) is 5. The van der Waals surface area contributed by atoms with Gasteiger partial charge < -0.3 is 15.2 Å². The van der Waals surface area contributed by atoms with Crippen LogP contribution in [-0.4, -0.2) is 37.8 Å². The lowest BCUT2D eigenvalue weighted by Crippen LogP contribution is -2.48. The minimum absolute atomic E-state index is 0.0543. The Labute approximate surface area is 155 Å². The number of hydrogen-bond donors (Lipinski definition) is 1. The first-order valence-corrected chi connectivity index (χ1v) is 9.76. The van der Waals surface area contributed by atoms with Crippen LogP contribution in [0.4, 0.5) is 5.13 Å². The maximum atomic E-state index is 6.27. The highest BCUT2D eigenvalue weighted by Gasteiger charge is 2.28. The van der Waals surface area contributed by atoms with Gasteiger partial charge in [-0.3, -0.25) is 0 Å². The quantitative estimate of drug-likeness (QED) is 0.591. The Hall–Kier alpha value is -2.38. The zero-order valence-electron chi connectivity index (χ0n) is 15.0. The van der Waals surface area contributed by atoms with Gasteiger partial charge in [0.2, 0.25) is 10.1 Å². The molecule has 0 bridgehead atoms. The van der Waals surface area contributed by atoms with E-state index in [9.17, 15) is 0 Å². The lowest BCUT2D eigenvalue weighted by atomic mass is 9.91. The van der Waals surface area contributed by atoms with E-state index < -0.39 is 0 Å². The predicted octanol–water partition coefficient (Wildman–Crippen LogP) is 3.27. The van der Waals surface area contributed by atoms with Crippen molar-refractivity contribution in [2.75, 3.05) is 18.0 Å². The van der Waals surface area contributed by atoms with Crippen LogP contribution in [0, 0.1) is 0 Å². The summed E-state index contributed by atoms with van der Waals surface area (Å²) in [5.41, 5.74) is 9.62. The van der Waals surface area contributed by atoms with Crippen molar-refractivity contribution in [1.82, 2.24) is 19.2 Å². The van der Waals surface area contributed by atoms with E-state index in [1.54, 1.807) is 11.3 Å². The summed E-state index contributed by atoms with van der Waals surface area (Å²) in [6.45, 7) is 4.04. The number of nitrogens with zero attached hydrogens (tertiary/aromatic N) is 5. The molecule has 0 atom stereocenters. The Bertz CT molecular complexity index is 1090. The largest absolute Gasteiger partial charge is 0.350 e. The SMILES string of the molecule is Cn1ccc2cccc(-c3cnc4sc(N5CCC(C)(N)CC5)nn34)c21. The lowest BCUT2D eigenvalue weighted by Gasteiger charge is -2.36. The minimum atomic E-state index is -0.0543. The molecule has 1 aromatic carbocycles. The van der Waals surface area contributed by atoms with Crippen LogP contribution < -0.4 is 10.6 Å². The molecule has 5 rings (SSSR count). The Morgan fingerprint density at radius 1 is 1.19 bits per heavy atom. The van der Waals surface area contributed by atoms with Crippen LogP contribution in [0.3, 0.4) is 0 Å². The van der Waals surface area contributed by atoms with Gasteiger partial charge in [-0.25, -0.2) is 9.50 Å². The maximum absolute atomic E-state index is 6.27. The van der Waals surface area contributed by atoms with Gasteiger partial charge >= 0.3 is 0 Å². The van der Waals surface area contributed by atoms with Gasteiger partial charge in [0.25, 0.3) is 0 Å². The molecule has 1 aliphatic rings. The molecule has 4 aromatic rings. The fourth-order valence-electron chi connectivity index (χ4n) is 3.77. The summed E-state index contributed by atoms with van der Waals surface area (Å²) in [6, 6.07) is 8.52. The van der Waals surface area contributed by atoms with E-state index in [1.165, 1.54) is 10.9 Å². The average Bonchev–Trinajstić information content (AvgIpc) is 3.29. The van der Waals surface area contributed by atoms with Gasteiger partial charge in [0.1, 0.15) is 0 Å². The third-order valence-corrected chi connectivity index (χ3v) is 6.41. The van der Waals surface area contributed by atoms with Gasteiger partial charge in [-0.1, -0.05) is 29.5 Å². The van der Waals surface area contributed by atoms with Crippen molar-refractivity contribution < 1.29 is 0 Å². The molecule has 0 unspecified atom stereocenters. The number of fused-ring (bicyclic) bond motifs is 2. The molecule has 7 heteroatoms. The summed E-state index contributed by atoms with van der Waals surface area (Å²) in [5.74, 6) is 0. The molecular formula is C19H22N6S. The molecule has 0 saturated carbocycles. The molecule has 1 aliphatic heterocycles. The first-order chi connectivity index (χ1) is 12.5. The van der Waals surface area contributed by atoms with Gasteiger partial charge in [0.15, 0.2) is 0 Å². The molecule has 1 fully saturated rings. The maximum Gasteiger partial charge on any atom is 0.214 e. The highest BCUT2D eigenvalue weighted by Crippen LogP contribution is 2.33. The second kappa shape index (κ2) is 5.56. The molecule has 0 radical (unpaired) electrons. The fraction of sp³-hybridized carbons (Fsp3) is 0.368. The number of rotatable bonds is 2. The number of aryl methyl sites for hydroxylation is 1. The molecule has 6 nitrogen and oxygen atoms in total. The van der Waals surface area contributed by atoms with Crippen LogP contribution in [0.5, 0.6) is 0 Å². The molecule has 0 amide bonds. The van der Waals surface area contributed by atoms with Crippen LogP contribution in [0.1, 0.15) is 19.8 Å². The molecule has 4 heterocycles. The summed E-state index contributed by atoms with van der Waals surface area (Å²) in [7, 11) is 2.08. The number of para-hydroxylation sites is 1. The van der Waals surface area contributed by atoms with Crippen molar-refractivity contribution >= 4 is 32.3 Å². The van der Waals surface area contributed by atoms with E-state index in [2.05, 4.69) is 58.9 Å². The Kier molecular flexibility index (Phi) is 3.39. The van der Waals surface area contributed by atoms with Gasteiger partial charge in [-0.05, 0) is 25.8 Å². The number of benzene rings is 1. The second-order valence-electron chi connectivity index (χ2n) is 7.53. The summed E-state index contributed by atoms with van der Waals surface area (Å²) >= 11 is 1.65. The van der Waals surface area contributed by atoms with Crippen molar-refractivity contribution in [3.8, 4) is 11.3 Å². The van der Waals surface area contributed by atoms with Gasteiger partial charge in [0, 0.05) is 42.8 Å². The van der Waals surface area contributed by atoms with E-state index in [-0.39, 0.29) is 5.54 Å². The van der Waals surface area contributed by atoms with Crippen LogP contribution in [0.2, 0.25) is 0 Å². The first kappa shape index (κ1) is 15.8. The van der Waals surface area contributed by atoms with Crippen LogP contribution >= 0.6 is 11.3 Å². The first-order valence-electron chi connectivity index (χ1n) is 8.95. The lowest BCUT2D eigenvalue weighted by molar-refractivity contribution is 0.363. The molecule has 1 saturated heterocycles. The van der Waals surface area contributed by atoms with Crippen molar-refractivity contribution in [3.63, 3.8) is 0 Å². The van der Waals surface area contributed by atoms with Crippen molar-refractivity contribution in [3.05, 3.63) is 36.7 Å². The van der Waals surface area contributed by atoms with Gasteiger partial charge in [-0.15, -0.1) is 5.10 Å². The normalized spacial score (nSPS) is 17.4. The number of anilines is 1. The Morgan fingerprint density at radius 2 is 2.00 bits per heavy atom. The summed E-state index contributed by atoms with van der Waals surface area (Å²) in [6.07, 6.45) is 6.00. The summed E-state index contributed by atoms with van der Waals surface area (Å²) < 4.78 is 4.14. The van der Waals surface area contributed by atoms with E-state index >= 15 is 0 Å². The number of piperidine rings is 1. The minimum Gasteiger partial charge on any atom is -0.350 e. The van der Waals surface area contributed by atoms with E-state index in [0.29, 0.717) is 0 Å². The Morgan fingerprint density at radius 3 is 2.81 bits per heavy atom.